The van der Waals surface area contributed by atoms with Crippen LogP contribution in [0.2, 0.25) is 0 Å². The fourth-order valence-corrected chi connectivity index (χ4v) is 2.45. The van der Waals surface area contributed by atoms with Crippen LogP contribution in [0, 0.1) is 11.2 Å². The summed E-state index contributed by atoms with van der Waals surface area (Å²) < 4.78 is 14.3. The van der Waals surface area contributed by atoms with E-state index in [0.29, 0.717) is 11.0 Å². The van der Waals surface area contributed by atoms with Crippen LogP contribution in [0.3, 0.4) is 0 Å². The summed E-state index contributed by atoms with van der Waals surface area (Å²) >= 11 is 3.19. The Kier molecular flexibility index (Phi) is 5.77. The Morgan fingerprint density at radius 1 is 1.53 bits per heavy atom. The molecule has 0 aliphatic carbocycles. The first-order valence-electron chi connectivity index (χ1n) is 5.98. The van der Waals surface area contributed by atoms with Crippen LogP contribution in [-0.2, 0) is 4.79 Å². The molecule has 1 aromatic rings. The fraction of sp³-hybridized carbons (Fsp3) is 0.462. The van der Waals surface area contributed by atoms with Crippen molar-refractivity contribution in [2.24, 2.45) is 5.41 Å². The van der Waals surface area contributed by atoms with Crippen LogP contribution >= 0.6 is 28.3 Å². The lowest BCUT2D eigenvalue weighted by molar-refractivity contribution is -0.125. The summed E-state index contributed by atoms with van der Waals surface area (Å²) in [7, 11) is 0. The number of amides is 1. The Balaban J connectivity index is 0.00000180. The van der Waals surface area contributed by atoms with Crippen LogP contribution in [0.25, 0.3) is 0 Å². The molecule has 0 saturated carbocycles. The molecule has 3 nitrogen and oxygen atoms in total. The summed E-state index contributed by atoms with van der Waals surface area (Å²) in [5.41, 5.74) is -0.229. The van der Waals surface area contributed by atoms with Gasteiger partial charge < -0.3 is 10.6 Å². The summed E-state index contributed by atoms with van der Waals surface area (Å²) in [4.78, 5) is 12.2. The third-order valence-electron chi connectivity index (χ3n) is 3.32. The van der Waals surface area contributed by atoms with Crippen LogP contribution in [0.4, 0.5) is 10.1 Å². The maximum Gasteiger partial charge on any atom is 0.231 e. The molecule has 1 aromatic carbocycles. The largest absolute Gasteiger partial charge is 0.323 e. The zero-order valence-electron chi connectivity index (χ0n) is 10.6. The molecular formula is C13H17BrClFN2O. The number of halogens is 3. The molecule has 1 aliphatic rings. The minimum Gasteiger partial charge on any atom is -0.323 e. The van der Waals surface area contributed by atoms with Gasteiger partial charge in [-0.3, -0.25) is 4.79 Å². The summed E-state index contributed by atoms with van der Waals surface area (Å²) in [5, 5.41) is 5.88. The Morgan fingerprint density at radius 2 is 2.26 bits per heavy atom. The average Bonchev–Trinajstić information content (AvgIpc) is 2.33. The van der Waals surface area contributed by atoms with Crippen LogP contribution in [0.15, 0.2) is 22.7 Å². The van der Waals surface area contributed by atoms with Crippen molar-refractivity contribution in [1.82, 2.24) is 5.32 Å². The van der Waals surface area contributed by atoms with Gasteiger partial charge in [-0.25, -0.2) is 4.39 Å². The van der Waals surface area contributed by atoms with Crippen LogP contribution < -0.4 is 10.6 Å². The lowest BCUT2D eigenvalue weighted by Crippen LogP contribution is -2.46. The van der Waals surface area contributed by atoms with Gasteiger partial charge in [-0.1, -0.05) is 15.9 Å². The first-order valence-corrected chi connectivity index (χ1v) is 6.78. The van der Waals surface area contributed by atoms with Crippen LogP contribution in [-0.4, -0.2) is 19.0 Å². The van der Waals surface area contributed by atoms with E-state index in [1.54, 1.807) is 12.1 Å². The minimum absolute atomic E-state index is 0. The highest BCUT2D eigenvalue weighted by Crippen LogP contribution is 2.28. The Hall–Kier alpha value is -0.650. The summed E-state index contributed by atoms with van der Waals surface area (Å²) in [6, 6.07) is 4.62. The third kappa shape index (κ3) is 3.91. The second-order valence-corrected chi connectivity index (χ2v) is 5.83. The van der Waals surface area contributed by atoms with E-state index >= 15 is 0 Å². The van der Waals surface area contributed by atoms with E-state index in [9.17, 15) is 9.18 Å². The molecule has 0 spiro atoms. The van der Waals surface area contributed by atoms with Gasteiger partial charge in [0, 0.05) is 11.0 Å². The van der Waals surface area contributed by atoms with Crippen LogP contribution in [0.5, 0.6) is 0 Å². The third-order valence-corrected chi connectivity index (χ3v) is 3.82. The van der Waals surface area contributed by atoms with E-state index in [4.69, 9.17) is 0 Å². The maximum absolute atomic E-state index is 13.6. The van der Waals surface area contributed by atoms with Gasteiger partial charge in [0.15, 0.2) is 0 Å². The number of anilines is 1. The molecular weight excluding hydrogens is 335 g/mol. The molecule has 1 heterocycles. The molecule has 2 N–H and O–H groups in total. The van der Waals surface area contributed by atoms with Crippen molar-refractivity contribution in [1.29, 1.82) is 0 Å². The molecule has 1 fully saturated rings. The standard InChI is InChI=1S/C13H16BrFN2O.ClH/c1-13(5-2-6-16-8-13)12(18)17-11-4-3-9(14)7-10(11)15;/h3-4,7,16H,2,5-6,8H2,1H3,(H,17,18);1H. The van der Waals surface area contributed by atoms with Gasteiger partial charge in [0.1, 0.15) is 5.82 Å². The van der Waals surface area contributed by atoms with E-state index < -0.39 is 11.2 Å². The first-order chi connectivity index (χ1) is 8.51. The number of carbonyl (C=O) groups excluding carboxylic acids is 1. The van der Waals surface area contributed by atoms with Crippen molar-refractivity contribution in [2.45, 2.75) is 19.8 Å². The molecule has 0 radical (unpaired) electrons. The number of rotatable bonds is 2. The number of hydrogen-bond acceptors (Lipinski definition) is 2. The first kappa shape index (κ1) is 16.4. The molecule has 1 unspecified atom stereocenters. The van der Waals surface area contributed by atoms with Gasteiger partial charge in [-0.15, -0.1) is 12.4 Å². The molecule has 2 rings (SSSR count). The second kappa shape index (κ2) is 6.68. The van der Waals surface area contributed by atoms with Gasteiger partial charge in [-0.05, 0) is 44.5 Å². The highest BCUT2D eigenvalue weighted by molar-refractivity contribution is 9.10. The van der Waals surface area contributed by atoms with Crippen molar-refractivity contribution < 1.29 is 9.18 Å². The average molecular weight is 352 g/mol. The van der Waals surface area contributed by atoms with Gasteiger partial charge in [-0.2, -0.15) is 0 Å². The van der Waals surface area contributed by atoms with Gasteiger partial charge in [0.2, 0.25) is 5.91 Å². The quantitative estimate of drug-likeness (QED) is 0.858. The molecule has 1 aliphatic heterocycles. The Labute approximate surface area is 126 Å². The van der Waals surface area contributed by atoms with Crippen LogP contribution in [0.1, 0.15) is 19.8 Å². The number of benzene rings is 1. The summed E-state index contributed by atoms with van der Waals surface area (Å²) in [5.74, 6) is -0.555. The van der Waals surface area contributed by atoms with Gasteiger partial charge >= 0.3 is 0 Å². The number of carbonyl (C=O) groups is 1. The van der Waals surface area contributed by atoms with E-state index in [1.807, 2.05) is 6.92 Å². The second-order valence-electron chi connectivity index (χ2n) is 4.92. The van der Waals surface area contributed by atoms with Crippen molar-refractivity contribution in [2.75, 3.05) is 18.4 Å². The normalized spacial score (nSPS) is 22.5. The highest BCUT2D eigenvalue weighted by atomic mass is 79.9. The number of nitrogens with one attached hydrogen (secondary N) is 2. The van der Waals surface area contributed by atoms with E-state index in [1.165, 1.54) is 6.07 Å². The predicted octanol–water partition coefficient (Wildman–Crippen LogP) is 3.34. The molecule has 19 heavy (non-hydrogen) atoms. The monoisotopic (exact) mass is 350 g/mol. The maximum atomic E-state index is 13.6. The lowest BCUT2D eigenvalue weighted by atomic mass is 9.82. The molecule has 1 atom stereocenters. The zero-order valence-corrected chi connectivity index (χ0v) is 13.0. The molecule has 0 bridgehead atoms. The SMILES string of the molecule is CC1(C(=O)Nc2ccc(Br)cc2F)CCCNC1.Cl. The van der Waals surface area contributed by atoms with Crippen molar-refractivity contribution in [3.63, 3.8) is 0 Å². The predicted molar refractivity (Wildman–Crippen MR) is 80.2 cm³/mol. The van der Waals surface area contributed by atoms with Gasteiger partial charge in [0.05, 0.1) is 11.1 Å². The summed E-state index contributed by atoms with van der Waals surface area (Å²) in [6.07, 6.45) is 1.79. The Morgan fingerprint density at radius 3 is 2.84 bits per heavy atom. The fourth-order valence-electron chi connectivity index (χ4n) is 2.11. The van der Waals surface area contributed by atoms with Gasteiger partial charge in [0.25, 0.3) is 0 Å². The highest BCUT2D eigenvalue weighted by Gasteiger charge is 2.34. The van der Waals surface area contributed by atoms with Crippen molar-refractivity contribution >= 4 is 39.9 Å². The topological polar surface area (TPSA) is 41.1 Å². The molecule has 0 aromatic heterocycles. The van der Waals surface area contributed by atoms with Crippen molar-refractivity contribution in [3.8, 4) is 0 Å². The zero-order chi connectivity index (χ0) is 13.2. The summed E-state index contributed by atoms with van der Waals surface area (Å²) in [6.45, 7) is 3.48. The molecule has 1 amide bonds. The van der Waals surface area contributed by atoms with Crippen molar-refractivity contribution in [3.05, 3.63) is 28.5 Å². The number of hydrogen-bond donors (Lipinski definition) is 2. The molecule has 1 saturated heterocycles. The van der Waals surface area contributed by atoms with E-state index in [0.717, 1.165) is 19.4 Å². The molecule has 6 heteroatoms. The Bertz CT molecular complexity index is 464. The smallest absolute Gasteiger partial charge is 0.231 e. The lowest BCUT2D eigenvalue weighted by Gasteiger charge is -2.32. The number of piperidine rings is 1. The van der Waals surface area contributed by atoms with E-state index in [-0.39, 0.29) is 24.0 Å². The molecule has 106 valence electrons. The van der Waals surface area contributed by atoms with E-state index in [2.05, 4.69) is 26.6 Å². The minimum atomic E-state index is -0.461.